The molecule has 0 amide bonds. The molecule has 0 aromatic carbocycles. The Hall–Kier alpha value is -0.330. The van der Waals surface area contributed by atoms with Crippen LogP contribution in [0.4, 0.5) is 13.2 Å². The molecule has 0 fully saturated rings. The molecular weight excluding hydrogens is 231 g/mol. The lowest BCUT2D eigenvalue weighted by molar-refractivity contribution is -0.193. The number of halogens is 3. The van der Waals surface area contributed by atoms with Crippen LogP contribution in [0.1, 0.15) is 20.8 Å². The average molecular weight is 255 g/mol. The van der Waals surface area contributed by atoms with E-state index in [-0.39, 0.29) is 6.04 Å². The van der Waals surface area contributed by atoms with Gasteiger partial charge in [-0.15, -0.1) is 0 Å². The monoisotopic (exact) mass is 255 g/mol. The second kappa shape index (κ2) is 6.56. The third kappa shape index (κ3) is 5.23. The van der Waals surface area contributed by atoms with Gasteiger partial charge in [-0.1, -0.05) is 6.92 Å². The van der Waals surface area contributed by atoms with Gasteiger partial charge in [0, 0.05) is 18.6 Å². The van der Waals surface area contributed by atoms with Crippen molar-refractivity contribution in [2.24, 2.45) is 5.73 Å². The molecule has 0 radical (unpaired) electrons. The molecule has 0 bridgehead atoms. The number of alkyl halides is 3. The standard InChI is InChI=1S/C11H24F3N3/c1-6-17(8(2)7-16(4)5)10(9(3)15)11(12,13)14/h8-10H,6-7,15H2,1-5H3. The lowest BCUT2D eigenvalue weighted by atomic mass is 10.1. The van der Waals surface area contributed by atoms with Crippen molar-refractivity contribution < 1.29 is 13.2 Å². The average Bonchev–Trinajstić information content (AvgIpc) is 2.09. The molecule has 0 aliphatic carbocycles. The molecule has 0 aromatic heterocycles. The number of nitrogens with two attached hydrogens (primary N) is 1. The van der Waals surface area contributed by atoms with E-state index in [0.29, 0.717) is 13.1 Å². The molecular formula is C11H24F3N3. The highest BCUT2D eigenvalue weighted by Crippen LogP contribution is 2.28. The largest absolute Gasteiger partial charge is 0.405 e. The summed E-state index contributed by atoms with van der Waals surface area (Å²) in [6, 6.07) is -2.70. The van der Waals surface area contributed by atoms with Crippen LogP contribution in [-0.4, -0.2) is 61.3 Å². The molecule has 0 rings (SSSR count). The fourth-order valence-electron chi connectivity index (χ4n) is 2.20. The Labute approximate surface area is 102 Å². The summed E-state index contributed by atoms with van der Waals surface area (Å²) < 4.78 is 38.9. The van der Waals surface area contributed by atoms with Crippen molar-refractivity contribution in [1.29, 1.82) is 0 Å². The van der Waals surface area contributed by atoms with E-state index < -0.39 is 18.3 Å². The minimum atomic E-state index is -4.29. The van der Waals surface area contributed by atoms with E-state index in [1.54, 1.807) is 13.8 Å². The summed E-state index contributed by atoms with van der Waals surface area (Å²) in [5.41, 5.74) is 5.49. The maximum Gasteiger partial charge on any atom is 0.405 e. The number of nitrogens with zero attached hydrogens (tertiary/aromatic N) is 2. The lowest BCUT2D eigenvalue weighted by Gasteiger charge is -2.39. The Morgan fingerprint density at radius 3 is 1.88 bits per heavy atom. The molecule has 3 nitrogen and oxygen atoms in total. The maximum absolute atomic E-state index is 13.0. The van der Waals surface area contributed by atoms with Gasteiger partial charge in [-0.25, -0.2) is 0 Å². The molecule has 3 unspecified atom stereocenters. The zero-order chi connectivity index (χ0) is 13.8. The SMILES string of the molecule is CCN(C(C)CN(C)C)C(C(C)N)C(F)(F)F. The van der Waals surface area contributed by atoms with Crippen molar-refractivity contribution in [3.8, 4) is 0 Å². The van der Waals surface area contributed by atoms with E-state index in [2.05, 4.69) is 0 Å². The molecule has 0 saturated carbocycles. The van der Waals surface area contributed by atoms with Crippen LogP contribution in [0.25, 0.3) is 0 Å². The van der Waals surface area contributed by atoms with Crippen molar-refractivity contribution >= 4 is 0 Å². The molecule has 2 N–H and O–H groups in total. The first-order valence-electron chi connectivity index (χ1n) is 5.84. The normalized spacial score (nSPS) is 18.5. The van der Waals surface area contributed by atoms with Gasteiger partial charge < -0.3 is 10.6 Å². The van der Waals surface area contributed by atoms with E-state index in [4.69, 9.17) is 5.73 Å². The zero-order valence-electron chi connectivity index (χ0n) is 11.3. The second-order valence-corrected chi connectivity index (χ2v) is 4.79. The minimum absolute atomic E-state index is 0.187. The lowest BCUT2D eigenvalue weighted by Crippen LogP contribution is -2.59. The van der Waals surface area contributed by atoms with Gasteiger partial charge in [0.25, 0.3) is 0 Å². The van der Waals surface area contributed by atoms with Crippen LogP contribution >= 0.6 is 0 Å². The van der Waals surface area contributed by atoms with Crippen LogP contribution in [0.5, 0.6) is 0 Å². The van der Waals surface area contributed by atoms with E-state index in [9.17, 15) is 13.2 Å². The number of likely N-dealkylation sites (N-methyl/N-ethyl adjacent to an activating group) is 2. The number of hydrogen-bond donors (Lipinski definition) is 1. The minimum Gasteiger partial charge on any atom is -0.326 e. The molecule has 0 aliphatic heterocycles. The molecule has 17 heavy (non-hydrogen) atoms. The van der Waals surface area contributed by atoms with Crippen molar-refractivity contribution in [2.75, 3.05) is 27.2 Å². The summed E-state index contributed by atoms with van der Waals surface area (Å²) in [5, 5.41) is 0. The summed E-state index contributed by atoms with van der Waals surface area (Å²) in [6.45, 7) is 5.84. The topological polar surface area (TPSA) is 32.5 Å². The van der Waals surface area contributed by atoms with Gasteiger partial charge in [-0.2, -0.15) is 13.2 Å². The highest BCUT2D eigenvalue weighted by Gasteiger charge is 2.46. The Balaban J connectivity index is 4.91. The summed E-state index contributed by atoms with van der Waals surface area (Å²) >= 11 is 0. The third-order valence-corrected chi connectivity index (χ3v) is 2.75. The molecule has 6 heteroatoms. The summed E-state index contributed by atoms with van der Waals surface area (Å²) in [6.07, 6.45) is -4.29. The molecule has 0 heterocycles. The fourth-order valence-corrected chi connectivity index (χ4v) is 2.20. The van der Waals surface area contributed by atoms with Crippen LogP contribution in [-0.2, 0) is 0 Å². The summed E-state index contributed by atoms with van der Waals surface area (Å²) in [4.78, 5) is 3.30. The first-order chi connectivity index (χ1) is 7.61. The van der Waals surface area contributed by atoms with Gasteiger partial charge in [0.05, 0.1) is 0 Å². The number of hydrogen-bond acceptors (Lipinski definition) is 3. The molecule has 0 aliphatic rings. The van der Waals surface area contributed by atoms with Crippen LogP contribution in [0, 0.1) is 0 Å². The Kier molecular flexibility index (Phi) is 6.43. The highest BCUT2D eigenvalue weighted by molar-refractivity contribution is 4.88. The zero-order valence-corrected chi connectivity index (χ0v) is 11.3. The van der Waals surface area contributed by atoms with E-state index in [0.717, 1.165) is 0 Å². The van der Waals surface area contributed by atoms with Crippen molar-refractivity contribution in [2.45, 2.75) is 45.1 Å². The van der Waals surface area contributed by atoms with E-state index in [1.165, 1.54) is 11.8 Å². The van der Waals surface area contributed by atoms with E-state index >= 15 is 0 Å². The van der Waals surface area contributed by atoms with Crippen molar-refractivity contribution in [1.82, 2.24) is 9.80 Å². The van der Waals surface area contributed by atoms with Crippen LogP contribution in [0.2, 0.25) is 0 Å². The fraction of sp³-hybridized carbons (Fsp3) is 1.00. The van der Waals surface area contributed by atoms with Gasteiger partial charge in [0.1, 0.15) is 6.04 Å². The molecule has 104 valence electrons. The van der Waals surface area contributed by atoms with Crippen LogP contribution < -0.4 is 5.73 Å². The predicted octanol–water partition coefficient (Wildman–Crippen LogP) is 1.54. The molecule has 0 spiro atoms. The van der Waals surface area contributed by atoms with Gasteiger partial charge in [0.2, 0.25) is 0 Å². The Morgan fingerprint density at radius 2 is 1.65 bits per heavy atom. The molecule has 0 saturated heterocycles. The van der Waals surface area contributed by atoms with Crippen LogP contribution in [0.15, 0.2) is 0 Å². The van der Waals surface area contributed by atoms with Gasteiger partial charge >= 0.3 is 6.18 Å². The molecule has 0 aromatic rings. The van der Waals surface area contributed by atoms with Gasteiger partial charge in [-0.05, 0) is 34.5 Å². The van der Waals surface area contributed by atoms with Gasteiger partial charge in [-0.3, -0.25) is 4.90 Å². The van der Waals surface area contributed by atoms with Crippen molar-refractivity contribution in [3.05, 3.63) is 0 Å². The number of rotatable bonds is 6. The van der Waals surface area contributed by atoms with Crippen LogP contribution in [0.3, 0.4) is 0 Å². The maximum atomic E-state index is 13.0. The Bertz CT molecular complexity index is 216. The first-order valence-corrected chi connectivity index (χ1v) is 5.84. The second-order valence-electron chi connectivity index (χ2n) is 4.79. The third-order valence-electron chi connectivity index (χ3n) is 2.75. The smallest absolute Gasteiger partial charge is 0.326 e. The predicted molar refractivity (Wildman–Crippen MR) is 63.9 cm³/mol. The van der Waals surface area contributed by atoms with Crippen molar-refractivity contribution in [3.63, 3.8) is 0 Å². The highest BCUT2D eigenvalue weighted by atomic mass is 19.4. The Morgan fingerprint density at radius 1 is 1.18 bits per heavy atom. The van der Waals surface area contributed by atoms with E-state index in [1.807, 2.05) is 19.0 Å². The summed E-state index contributed by atoms with van der Waals surface area (Å²) in [5.74, 6) is 0. The quantitative estimate of drug-likeness (QED) is 0.781. The van der Waals surface area contributed by atoms with Gasteiger partial charge in [0.15, 0.2) is 0 Å². The molecule has 3 atom stereocenters. The first kappa shape index (κ1) is 16.7. The summed E-state index contributed by atoms with van der Waals surface area (Å²) in [7, 11) is 3.69.